The second kappa shape index (κ2) is 6.50. The fraction of sp³-hybridized carbons (Fsp3) is 0.300. The number of hydrogen-bond donors (Lipinski definition) is 2. The Hall–Kier alpha value is -2.22. The summed E-state index contributed by atoms with van der Waals surface area (Å²) >= 11 is 0. The molecule has 98 valence electrons. The number of amides is 1. The first kappa shape index (κ1) is 13.8. The van der Waals surface area contributed by atoms with Gasteiger partial charge < -0.3 is 15.8 Å². The van der Waals surface area contributed by atoms with Crippen LogP contribution in [0.15, 0.2) is 18.2 Å². The molecule has 3 N–H and O–H groups in total. The zero-order valence-electron chi connectivity index (χ0n) is 9.39. The minimum absolute atomic E-state index is 0.0580. The van der Waals surface area contributed by atoms with Crippen LogP contribution in [0.1, 0.15) is 0 Å². The van der Waals surface area contributed by atoms with Gasteiger partial charge in [0.05, 0.1) is 11.5 Å². The van der Waals surface area contributed by atoms with Gasteiger partial charge in [-0.15, -0.1) is 0 Å². The van der Waals surface area contributed by atoms with Gasteiger partial charge in [0.15, 0.2) is 0 Å². The number of nitrogens with two attached hydrogens (primary N) is 1. The molecular formula is C10H12FN3O4. The number of rotatable bonds is 7. The van der Waals surface area contributed by atoms with Crippen molar-refractivity contribution in [3.63, 3.8) is 0 Å². The minimum Gasteiger partial charge on any atom is -0.377 e. The largest absolute Gasteiger partial charge is 0.377 e. The normalized spacial score (nSPS) is 10.1. The topological polar surface area (TPSA) is 107 Å². The van der Waals surface area contributed by atoms with Crippen LogP contribution in [0, 0.1) is 15.9 Å². The molecule has 1 amide bonds. The number of ether oxygens (including phenoxy) is 1. The first-order valence-corrected chi connectivity index (χ1v) is 5.05. The number of anilines is 1. The molecule has 0 radical (unpaired) electrons. The summed E-state index contributed by atoms with van der Waals surface area (Å²) in [6.07, 6.45) is 0. The molecule has 8 heteroatoms. The SMILES string of the molecule is NC(=O)COCCNc1cccc(F)c1[N+](=O)[O-]. The van der Waals surface area contributed by atoms with Crippen LogP contribution in [0.5, 0.6) is 0 Å². The summed E-state index contributed by atoms with van der Waals surface area (Å²) in [6.45, 7) is 0.0844. The number of halogens is 1. The Kier molecular flexibility index (Phi) is 5.00. The van der Waals surface area contributed by atoms with Crippen molar-refractivity contribution in [1.82, 2.24) is 0 Å². The van der Waals surface area contributed by atoms with Crippen molar-refractivity contribution >= 4 is 17.3 Å². The quantitative estimate of drug-likeness (QED) is 0.423. The van der Waals surface area contributed by atoms with E-state index in [0.29, 0.717) is 0 Å². The lowest BCUT2D eigenvalue weighted by Gasteiger charge is -2.07. The molecule has 0 aliphatic heterocycles. The number of primary amides is 1. The lowest BCUT2D eigenvalue weighted by Crippen LogP contribution is -2.20. The van der Waals surface area contributed by atoms with E-state index >= 15 is 0 Å². The molecule has 0 saturated carbocycles. The summed E-state index contributed by atoms with van der Waals surface area (Å²) in [4.78, 5) is 20.2. The van der Waals surface area contributed by atoms with Crippen LogP contribution >= 0.6 is 0 Å². The Morgan fingerprint density at radius 2 is 2.28 bits per heavy atom. The molecule has 18 heavy (non-hydrogen) atoms. The second-order valence-electron chi connectivity index (χ2n) is 3.34. The van der Waals surface area contributed by atoms with Crippen molar-refractivity contribution in [2.24, 2.45) is 5.73 Å². The minimum atomic E-state index is -0.914. The van der Waals surface area contributed by atoms with E-state index in [4.69, 9.17) is 10.5 Å². The van der Waals surface area contributed by atoms with Gasteiger partial charge in [0, 0.05) is 6.54 Å². The average Bonchev–Trinajstić information content (AvgIpc) is 2.27. The van der Waals surface area contributed by atoms with Crippen LogP contribution in [0.4, 0.5) is 15.8 Å². The van der Waals surface area contributed by atoms with Gasteiger partial charge in [0.25, 0.3) is 0 Å². The first-order chi connectivity index (χ1) is 8.52. The number of nitrogens with one attached hydrogen (secondary N) is 1. The maximum atomic E-state index is 13.2. The Morgan fingerprint density at radius 3 is 2.89 bits per heavy atom. The smallest absolute Gasteiger partial charge is 0.327 e. The van der Waals surface area contributed by atoms with Crippen LogP contribution < -0.4 is 11.1 Å². The molecule has 0 aliphatic rings. The number of carbonyl (C=O) groups excluding carboxylic acids is 1. The molecule has 0 spiro atoms. The molecule has 0 bridgehead atoms. The number of nitrogens with zero attached hydrogens (tertiary/aromatic N) is 1. The molecule has 0 atom stereocenters. The summed E-state index contributed by atoms with van der Waals surface area (Å²) in [5.74, 6) is -1.52. The van der Waals surface area contributed by atoms with Gasteiger partial charge >= 0.3 is 5.69 Å². The number of nitro groups is 1. The molecule has 1 aromatic rings. The van der Waals surface area contributed by atoms with Crippen LogP contribution in [0.25, 0.3) is 0 Å². The summed E-state index contributed by atoms with van der Waals surface area (Å²) in [7, 11) is 0. The monoisotopic (exact) mass is 257 g/mol. The summed E-state index contributed by atoms with van der Waals surface area (Å²) in [5, 5.41) is 13.3. The molecule has 1 aromatic carbocycles. The maximum Gasteiger partial charge on any atom is 0.327 e. The molecular weight excluding hydrogens is 245 g/mol. The van der Waals surface area contributed by atoms with E-state index in [9.17, 15) is 19.3 Å². The standard InChI is InChI=1S/C10H12FN3O4/c11-7-2-1-3-8(10(7)14(16)17)13-4-5-18-6-9(12)15/h1-3,13H,4-6H2,(H2,12,15). The number of para-hydroxylation sites is 1. The van der Waals surface area contributed by atoms with Crippen molar-refractivity contribution in [2.45, 2.75) is 0 Å². The number of hydrogen-bond acceptors (Lipinski definition) is 5. The highest BCUT2D eigenvalue weighted by Crippen LogP contribution is 2.26. The lowest BCUT2D eigenvalue weighted by atomic mass is 10.2. The highest BCUT2D eigenvalue weighted by atomic mass is 19.1. The molecule has 0 unspecified atom stereocenters. The van der Waals surface area contributed by atoms with Gasteiger partial charge in [-0.1, -0.05) is 6.07 Å². The predicted molar refractivity (Wildman–Crippen MR) is 61.6 cm³/mol. The Morgan fingerprint density at radius 1 is 1.56 bits per heavy atom. The van der Waals surface area contributed by atoms with Crippen LogP contribution in [-0.2, 0) is 9.53 Å². The van der Waals surface area contributed by atoms with E-state index in [1.807, 2.05) is 0 Å². The van der Waals surface area contributed by atoms with E-state index in [1.165, 1.54) is 12.1 Å². The Bertz CT molecular complexity index is 453. The molecule has 1 rings (SSSR count). The van der Waals surface area contributed by atoms with Crippen molar-refractivity contribution in [3.8, 4) is 0 Å². The molecule has 0 fully saturated rings. The van der Waals surface area contributed by atoms with E-state index < -0.39 is 22.3 Å². The van der Waals surface area contributed by atoms with E-state index in [2.05, 4.69) is 5.32 Å². The molecule has 0 aromatic heterocycles. The first-order valence-electron chi connectivity index (χ1n) is 5.05. The number of carbonyl (C=O) groups is 1. The van der Waals surface area contributed by atoms with Gasteiger partial charge in [-0.25, -0.2) is 0 Å². The molecule has 7 nitrogen and oxygen atoms in total. The predicted octanol–water partition coefficient (Wildman–Crippen LogP) is 0.648. The highest BCUT2D eigenvalue weighted by Gasteiger charge is 2.19. The van der Waals surface area contributed by atoms with Crippen LogP contribution in [-0.4, -0.2) is 30.6 Å². The maximum absolute atomic E-state index is 13.2. The second-order valence-corrected chi connectivity index (χ2v) is 3.34. The molecule has 0 heterocycles. The summed E-state index contributed by atoms with van der Waals surface area (Å²) < 4.78 is 18.1. The molecule has 0 aliphatic carbocycles. The lowest BCUT2D eigenvalue weighted by molar-refractivity contribution is -0.386. The Balaban J connectivity index is 2.54. The van der Waals surface area contributed by atoms with Crippen molar-refractivity contribution in [3.05, 3.63) is 34.1 Å². The molecule has 0 saturated heterocycles. The van der Waals surface area contributed by atoms with E-state index in [1.54, 1.807) is 0 Å². The fourth-order valence-electron chi connectivity index (χ4n) is 1.27. The van der Waals surface area contributed by atoms with Gasteiger partial charge in [0.1, 0.15) is 12.3 Å². The number of nitro benzene ring substituents is 1. The van der Waals surface area contributed by atoms with Crippen molar-refractivity contribution in [1.29, 1.82) is 0 Å². The zero-order chi connectivity index (χ0) is 13.5. The highest BCUT2D eigenvalue weighted by molar-refractivity contribution is 5.74. The third-order valence-electron chi connectivity index (χ3n) is 1.98. The van der Waals surface area contributed by atoms with Crippen molar-refractivity contribution in [2.75, 3.05) is 25.1 Å². The average molecular weight is 257 g/mol. The fourth-order valence-corrected chi connectivity index (χ4v) is 1.27. The van der Waals surface area contributed by atoms with Gasteiger partial charge in [0.2, 0.25) is 11.7 Å². The van der Waals surface area contributed by atoms with E-state index in [0.717, 1.165) is 6.07 Å². The Labute approximate surface area is 102 Å². The van der Waals surface area contributed by atoms with Gasteiger partial charge in [-0.05, 0) is 12.1 Å². The summed E-state index contributed by atoms with van der Waals surface area (Å²) in [6, 6.07) is 3.75. The van der Waals surface area contributed by atoms with Crippen molar-refractivity contribution < 1.29 is 18.8 Å². The summed E-state index contributed by atoms with van der Waals surface area (Å²) in [5.41, 5.74) is 4.29. The third-order valence-corrected chi connectivity index (χ3v) is 1.98. The van der Waals surface area contributed by atoms with Gasteiger partial charge in [-0.3, -0.25) is 14.9 Å². The zero-order valence-corrected chi connectivity index (χ0v) is 9.39. The van der Waals surface area contributed by atoms with Gasteiger partial charge in [-0.2, -0.15) is 4.39 Å². The number of benzene rings is 1. The van der Waals surface area contributed by atoms with E-state index in [-0.39, 0.29) is 25.4 Å². The van der Waals surface area contributed by atoms with Crippen LogP contribution in [0.3, 0.4) is 0 Å². The third kappa shape index (κ3) is 3.98. The van der Waals surface area contributed by atoms with Crippen LogP contribution in [0.2, 0.25) is 0 Å².